The molecule has 2 amide bonds. The molecule has 3 aromatic heterocycles. The molecule has 12 nitrogen and oxygen atoms in total. The maximum absolute atomic E-state index is 13.4. The van der Waals surface area contributed by atoms with Crippen LogP contribution in [0.15, 0.2) is 42.7 Å². The number of rotatable bonds is 7. The van der Waals surface area contributed by atoms with E-state index in [1.165, 1.54) is 24.5 Å². The SMILES string of the molecule is CC(=O)Nc1nc2c(s1)-c1c(c(-c3cccnc3)nn1-c1ccc(C(=O)N[C@H]3CC[C@H](N4CCN(S(C)(=O)=O)CC4)CC3)cc1Cl)CC2. The molecule has 252 valence electrons. The molecule has 0 radical (unpaired) electrons. The fraction of sp³-hybridized carbons (Fsp3) is 0.424. The molecule has 4 heterocycles. The Hall–Kier alpha value is -3.69. The standard InChI is InChI=1S/C33H37ClN8O4S2/c1-20(43)36-33-38-27-11-10-25-29(22-4-3-13-35-19-22)39-42(30(25)31(27)47-33)28-12-5-21(18-26(28)34)32(44)37-23-6-8-24(9-7-23)40-14-16-41(17-15-40)48(2,45)46/h3-5,12-13,18-19,23-24H,6-11,14-17H2,1-2H3,(H,37,44)(H,36,38,43)/t23-,24-. The lowest BCUT2D eigenvalue weighted by molar-refractivity contribution is -0.114. The molecule has 1 aromatic carbocycles. The highest BCUT2D eigenvalue weighted by Gasteiger charge is 2.33. The highest BCUT2D eigenvalue weighted by atomic mass is 35.5. The molecular weight excluding hydrogens is 672 g/mol. The van der Waals surface area contributed by atoms with Gasteiger partial charge in [0.25, 0.3) is 5.91 Å². The number of aromatic nitrogens is 4. The van der Waals surface area contributed by atoms with Crippen LogP contribution in [0.2, 0.25) is 5.02 Å². The summed E-state index contributed by atoms with van der Waals surface area (Å²) in [6, 6.07) is 9.62. The van der Waals surface area contributed by atoms with Crippen molar-refractivity contribution in [3.63, 3.8) is 0 Å². The summed E-state index contributed by atoms with van der Waals surface area (Å²) in [5.41, 5.74) is 5.64. The summed E-state index contributed by atoms with van der Waals surface area (Å²) >= 11 is 8.34. The Balaban J connectivity index is 1.08. The van der Waals surface area contributed by atoms with E-state index in [0.29, 0.717) is 53.4 Å². The fourth-order valence-corrected chi connectivity index (χ4v) is 9.26. The predicted octanol–water partition coefficient (Wildman–Crippen LogP) is 4.39. The van der Waals surface area contributed by atoms with Crippen LogP contribution >= 0.6 is 22.9 Å². The van der Waals surface area contributed by atoms with Gasteiger partial charge in [0.2, 0.25) is 15.9 Å². The average Bonchev–Trinajstić information content (AvgIpc) is 3.66. The zero-order valence-corrected chi connectivity index (χ0v) is 29.2. The van der Waals surface area contributed by atoms with Crippen LogP contribution in [-0.4, -0.2) is 93.7 Å². The Morgan fingerprint density at radius 3 is 2.48 bits per heavy atom. The van der Waals surface area contributed by atoms with E-state index in [1.807, 2.05) is 22.9 Å². The van der Waals surface area contributed by atoms with E-state index in [9.17, 15) is 18.0 Å². The number of benzene rings is 1. The van der Waals surface area contributed by atoms with E-state index < -0.39 is 10.0 Å². The van der Waals surface area contributed by atoms with Crippen LogP contribution in [0.25, 0.3) is 27.5 Å². The third kappa shape index (κ3) is 6.64. The van der Waals surface area contributed by atoms with Crippen LogP contribution in [-0.2, 0) is 27.7 Å². The molecule has 4 aromatic rings. The highest BCUT2D eigenvalue weighted by Crippen LogP contribution is 2.44. The van der Waals surface area contributed by atoms with Gasteiger partial charge in [0.05, 0.1) is 38.9 Å². The minimum atomic E-state index is -3.15. The van der Waals surface area contributed by atoms with Gasteiger partial charge in [0.15, 0.2) is 5.13 Å². The van der Waals surface area contributed by atoms with Crippen molar-refractivity contribution in [2.24, 2.45) is 0 Å². The monoisotopic (exact) mass is 708 g/mol. The van der Waals surface area contributed by atoms with Gasteiger partial charge < -0.3 is 10.6 Å². The largest absolute Gasteiger partial charge is 0.349 e. The third-order valence-corrected chi connectivity index (χ3v) is 12.1. The highest BCUT2D eigenvalue weighted by molar-refractivity contribution is 7.88. The number of amides is 2. The summed E-state index contributed by atoms with van der Waals surface area (Å²) in [6.45, 7) is 4.00. The van der Waals surface area contributed by atoms with E-state index in [0.717, 1.165) is 71.9 Å². The van der Waals surface area contributed by atoms with E-state index >= 15 is 0 Å². The first-order valence-electron chi connectivity index (χ1n) is 16.1. The Kier molecular flexibility index (Phi) is 9.11. The van der Waals surface area contributed by atoms with Crippen LogP contribution in [0.1, 0.15) is 54.2 Å². The molecule has 1 aliphatic heterocycles. The lowest BCUT2D eigenvalue weighted by Gasteiger charge is -2.41. The van der Waals surface area contributed by atoms with Crippen molar-refractivity contribution in [3.05, 3.63) is 64.6 Å². The van der Waals surface area contributed by atoms with Crippen molar-refractivity contribution in [2.45, 2.75) is 57.5 Å². The molecule has 48 heavy (non-hydrogen) atoms. The van der Waals surface area contributed by atoms with Gasteiger partial charge in [-0.1, -0.05) is 22.9 Å². The van der Waals surface area contributed by atoms with Gasteiger partial charge in [-0.25, -0.2) is 18.1 Å². The van der Waals surface area contributed by atoms with Crippen LogP contribution in [0.4, 0.5) is 5.13 Å². The molecular formula is C33H37ClN8O4S2. The molecule has 0 atom stereocenters. The van der Waals surface area contributed by atoms with E-state index in [4.69, 9.17) is 16.7 Å². The Morgan fingerprint density at radius 2 is 1.81 bits per heavy atom. The summed E-state index contributed by atoms with van der Waals surface area (Å²) in [4.78, 5) is 37.5. The predicted molar refractivity (Wildman–Crippen MR) is 186 cm³/mol. The number of thiazole rings is 1. The number of nitrogens with one attached hydrogen (secondary N) is 2. The Labute approximate surface area is 288 Å². The van der Waals surface area contributed by atoms with Crippen LogP contribution in [0, 0.1) is 0 Å². The summed E-state index contributed by atoms with van der Waals surface area (Å²) < 4.78 is 27.1. The number of nitrogens with zero attached hydrogens (tertiary/aromatic N) is 6. The van der Waals surface area contributed by atoms with E-state index in [1.54, 1.807) is 28.8 Å². The first-order valence-corrected chi connectivity index (χ1v) is 19.2. The van der Waals surface area contributed by atoms with Gasteiger partial charge in [-0.15, -0.1) is 0 Å². The van der Waals surface area contributed by atoms with Crippen LogP contribution < -0.4 is 10.6 Å². The first-order chi connectivity index (χ1) is 23.0. The Bertz CT molecular complexity index is 1960. The summed E-state index contributed by atoms with van der Waals surface area (Å²) in [6.07, 6.45) is 9.85. The third-order valence-electron chi connectivity index (χ3n) is 9.45. The Morgan fingerprint density at radius 1 is 1.04 bits per heavy atom. The smallest absolute Gasteiger partial charge is 0.251 e. The number of halogens is 1. The number of pyridine rings is 1. The van der Waals surface area contributed by atoms with Crippen molar-refractivity contribution in [3.8, 4) is 27.5 Å². The van der Waals surface area contributed by atoms with Gasteiger partial charge in [-0.3, -0.25) is 19.5 Å². The summed E-state index contributed by atoms with van der Waals surface area (Å²) in [5, 5.41) is 12.0. The summed E-state index contributed by atoms with van der Waals surface area (Å²) in [5.74, 6) is -0.349. The fourth-order valence-electron chi connectivity index (χ4n) is 7.06. The van der Waals surface area contributed by atoms with Gasteiger partial charge in [0, 0.05) is 74.3 Å². The second kappa shape index (κ2) is 13.3. The molecule has 1 saturated carbocycles. The molecule has 0 unspecified atom stereocenters. The number of hydrogen-bond donors (Lipinski definition) is 2. The van der Waals surface area contributed by atoms with Crippen LogP contribution in [0.5, 0.6) is 0 Å². The number of anilines is 1. The molecule has 0 spiro atoms. The maximum atomic E-state index is 13.4. The molecule has 0 bridgehead atoms. The number of sulfonamides is 1. The number of hydrogen-bond acceptors (Lipinski definition) is 9. The number of fused-ring (bicyclic) bond motifs is 3. The molecule has 2 N–H and O–H groups in total. The first kappa shape index (κ1) is 32.8. The molecule has 15 heteroatoms. The van der Waals surface area contributed by atoms with Crippen molar-refractivity contribution in [1.29, 1.82) is 0 Å². The minimum absolute atomic E-state index is 0.0623. The van der Waals surface area contributed by atoms with Crippen molar-refractivity contribution in [1.82, 2.24) is 34.3 Å². The number of carbonyl (C=O) groups is 2. The van der Waals surface area contributed by atoms with E-state index in [-0.39, 0.29) is 17.9 Å². The average molecular weight is 709 g/mol. The zero-order valence-electron chi connectivity index (χ0n) is 26.8. The van der Waals surface area contributed by atoms with Gasteiger partial charge >= 0.3 is 0 Å². The lowest BCUT2D eigenvalue weighted by Crippen LogP contribution is -2.53. The molecule has 2 fully saturated rings. The quantitative estimate of drug-likeness (QED) is 0.288. The number of carbonyl (C=O) groups excluding carboxylic acids is 2. The number of aryl methyl sites for hydroxylation is 1. The zero-order chi connectivity index (χ0) is 33.6. The van der Waals surface area contributed by atoms with Crippen molar-refractivity contribution >= 4 is 49.9 Å². The second-order valence-electron chi connectivity index (χ2n) is 12.6. The minimum Gasteiger partial charge on any atom is -0.349 e. The van der Waals surface area contributed by atoms with Gasteiger partial charge in [-0.05, 0) is 68.9 Å². The molecule has 2 aliphatic carbocycles. The van der Waals surface area contributed by atoms with Crippen LogP contribution in [0.3, 0.4) is 0 Å². The topological polar surface area (TPSA) is 142 Å². The molecule has 3 aliphatic rings. The van der Waals surface area contributed by atoms with Gasteiger partial charge in [-0.2, -0.15) is 9.40 Å². The van der Waals surface area contributed by atoms with Crippen molar-refractivity contribution in [2.75, 3.05) is 37.8 Å². The maximum Gasteiger partial charge on any atom is 0.251 e. The number of piperazine rings is 1. The molecule has 7 rings (SSSR count). The second-order valence-corrected chi connectivity index (χ2v) is 16.0. The van der Waals surface area contributed by atoms with Crippen molar-refractivity contribution < 1.29 is 18.0 Å². The summed E-state index contributed by atoms with van der Waals surface area (Å²) in [7, 11) is -3.15. The normalized spacial score (nSPS) is 20.1. The molecule has 1 saturated heterocycles. The lowest BCUT2D eigenvalue weighted by atomic mass is 9.89. The van der Waals surface area contributed by atoms with Gasteiger partial charge in [0.1, 0.15) is 0 Å². The van der Waals surface area contributed by atoms with E-state index in [2.05, 4.69) is 25.5 Å².